The Balaban J connectivity index is 0. The van der Waals surface area contributed by atoms with Crippen molar-refractivity contribution in [3.8, 4) is 6.26 Å². The molecule has 22 nitrogen and oxygen atoms in total. The fourth-order valence-corrected chi connectivity index (χ4v) is 6.76. The van der Waals surface area contributed by atoms with Gasteiger partial charge in [0.05, 0.1) is 26.2 Å². The molecule has 0 saturated carbocycles. The van der Waals surface area contributed by atoms with Crippen LogP contribution < -0.4 is 22.4 Å². The molecule has 1 aromatic rings. The molecule has 0 saturated heterocycles. The minimum absolute atomic E-state index is 0.118. The molecule has 1 aromatic heterocycles. The SMILES string of the molecule is CCCCCC.CCCCCC(OC#N)n1c(=O)n(CCCCCCN=C=O)c(=O)n(CCCCCCN=C=O)c1=O.O=C=NCCCCCCNC(=O)N(CCCCCCN=C=O)C(=O)CN=C=O. The number of nitriles is 1. The van der Waals surface area contributed by atoms with Gasteiger partial charge >= 0.3 is 23.1 Å². The molecule has 1 rings (SSSR count). The molecule has 22 heteroatoms. The first-order chi connectivity index (χ1) is 34.1. The van der Waals surface area contributed by atoms with E-state index in [0.717, 1.165) is 89.2 Å². The number of imide groups is 1. The molecule has 0 aromatic carbocycles. The van der Waals surface area contributed by atoms with E-state index in [-0.39, 0.29) is 19.6 Å². The van der Waals surface area contributed by atoms with Crippen molar-refractivity contribution in [2.24, 2.45) is 25.0 Å². The topological polar surface area (TPSA) is 296 Å². The van der Waals surface area contributed by atoms with Gasteiger partial charge in [-0.05, 0) is 57.8 Å². The molecule has 0 aliphatic heterocycles. The van der Waals surface area contributed by atoms with Crippen molar-refractivity contribution in [1.29, 1.82) is 5.26 Å². The lowest BCUT2D eigenvalue weighted by Gasteiger charge is -2.20. The molecular weight excluding hydrogens is 907 g/mol. The summed E-state index contributed by atoms with van der Waals surface area (Å²) < 4.78 is 8.07. The number of rotatable bonds is 39. The van der Waals surface area contributed by atoms with Crippen molar-refractivity contribution in [3.05, 3.63) is 31.5 Å². The molecule has 0 spiro atoms. The zero-order valence-corrected chi connectivity index (χ0v) is 41.9. The van der Waals surface area contributed by atoms with Crippen LogP contribution in [-0.4, -0.2) is 107 Å². The summed E-state index contributed by atoms with van der Waals surface area (Å²) in [6.45, 7) is 8.57. The van der Waals surface area contributed by atoms with Gasteiger partial charge in [0.15, 0.2) is 6.23 Å². The molecule has 3 amide bonds. The monoisotopic (exact) mass is 984 g/mol. The number of urea groups is 1. The molecule has 0 fully saturated rings. The Bertz CT molecular complexity index is 1980. The normalized spacial score (nSPS) is 10.3. The Kier molecular flexibility index (Phi) is 45.9. The van der Waals surface area contributed by atoms with Crippen molar-refractivity contribution < 1.29 is 38.3 Å². The minimum atomic E-state index is -1.08. The smallest absolute Gasteiger partial charge is 0.339 e. The number of aromatic nitrogens is 3. The number of amides is 3. The number of nitrogens with zero attached hydrogens (tertiary/aromatic N) is 10. The van der Waals surface area contributed by atoms with Gasteiger partial charge in [0.2, 0.25) is 30.4 Å². The second kappa shape index (κ2) is 49.0. The van der Waals surface area contributed by atoms with Crippen LogP contribution in [0.25, 0.3) is 0 Å². The standard InChI is InChI=1S/C24H36N6O6.C18H27N5O5.C6H14/c1-2-3-8-13-21(36-18-25)30-23(34)28(16-11-6-4-9-14-26-19-31)22(33)29(24(30)35)17-12-7-5-10-15-27-20-32;24-14-19-9-5-1-2-7-11-22-18(28)23(17(27)13-21-16-26)12-8-4-3-6-10-20-15-25;1-3-5-6-4-2/h21H,2-17H2,1H3;1-13H2,(H,22,28);3-6H2,1-2H3. The lowest BCUT2D eigenvalue weighted by atomic mass is 10.2. The van der Waals surface area contributed by atoms with Crippen molar-refractivity contribution in [1.82, 2.24) is 23.9 Å². The van der Waals surface area contributed by atoms with Crippen LogP contribution in [-0.2, 0) is 46.6 Å². The van der Waals surface area contributed by atoms with Crippen LogP contribution in [0.1, 0.15) is 181 Å². The average molecular weight is 984 g/mol. The van der Waals surface area contributed by atoms with Crippen LogP contribution in [0.3, 0.4) is 0 Å². The van der Waals surface area contributed by atoms with Gasteiger partial charge in [0.25, 0.3) is 12.2 Å². The van der Waals surface area contributed by atoms with Crippen LogP contribution >= 0.6 is 0 Å². The fraction of sp³-hybridized carbons (Fsp3) is 0.771. The van der Waals surface area contributed by atoms with Gasteiger partial charge < -0.3 is 10.1 Å². The summed E-state index contributed by atoms with van der Waals surface area (Å²) in [6, 6.07) is -0.512. The highest BCUT2D eigenvalue weighted by atomic mass is 16.5. The van der Waals surface area contributed by atoms with Crippen molar-refractivity contribution >= 4 is 42.3 Å². The summed E-state index contributed by atoms with van der Waals surface area (Å²) in [7, 11) is 0. The predicted molar refractivity (Wildman–Crippen MR) is 263 cm³/mol. The average Bonchev–Trinajstić information content (AvgIpc) is 3.35. The highest BCUT2D eigenvalue weighted by molar-refractivity contribution is 5.95. The predicted octanol–water partition coefficient (Wildman–Crippen LogP) is 6.78. The number of ether oxygens (including phenoxy) is 1. The van der Waals surface area contributed by atoms with Crippen LogP contribution in [0.15, 0.2) is 39.3 Å². The molecule has 1 atom stereocenters. The van der Waals surface area contributed by atoms with Crippen LogP contribution in [0, 0.1) is 11.5 Å². The van der Waals surface area contributed by atoms with Gasteiger partial charge in [-0.25, -0.2) is 76.8 Å². The summed E-state index contributed by atoms with van der Waals surface area (Å²) in [5, 5.41) is 11.8. The van der Waals surface area contributed by atoms with Crippen molar-refractivity contribution in [3.63, 3.8) is 0 Å². The fourth-order valence-electron chi connectivity index (χ4n) is 6.76. The van der Waals surface area contributed by atoms with E-state index in [1.807, 2.05) is 6.92 Å². The maximum absolute atomic E-state index is 13.2. The molecule has 1 unspecified atom stereocenters. The summed E-state index contributed by atoms with van der Waals surface area (Å²) in [6.07, 6.45) is 27.5. The molecule has 0 bridgehead atoms. The molecule has 0 aliphatic rings. The lowest BCUT2D eigenvalue weighted by molar-refractivity contribution is -0.126. The maximum Gasteiger partial charge on any atom is 0.339 e. The van der Waals surface area contributed by atoms with E-state index in [1.54, 1.807) is 6.26 Å². The summed E-state index contributed by atoms with van der Waals surface area (Å²) in [5.41, 5.74) is -2.24. The Labute approximate surface area is 411 Å². The maximum atomic E-state index is 13.2. The van der Waals surface area contributed by atoms with Gasteiger partial charge in [-0.1, -0.05) is 111 Å². The van der Waals surface area contributed by atoms with Crippen LogP contribution in [0.4, 0.5) is 4.79 Å². The van der Waals surface area contributed by atoms with Gasteiger partial charge in [0, 0.05) is 32.6 Å². The Morgan fingerprint density at radius 3 is 1.36 bits per heavy atom. The molecule has 1 N–H and O–H groups in total. The molecule has 1 heterocycles. The number of unbranched alkanes of at least 4 members (excludes halogenated alkanes) is 17. The molecule has 0 aliphatic carbocycles. The van der Waals surface area contributed by atoms with Gasteiger partial charge in [-0.2, -0.15) is 10.3 Å². The number of hydrogen-bond donors (Lipinski definition) is 1. The van der Waals surface area contributed by atoms with E-state index in [0.29, 0.717) is 90.5 Å². The van der Waals surface area contributed by atoms with Gasteiger partial charge in [0.1, 0.15) is 6.54 Å². The quantitative estimate of drug-likeness (QED) is 0.0309. The summed E-state index contributed by atoms with van der Waals surface area (Å²) in [4.78, 5) is 132. The first kappa shape index (κ1) is 65.6. The van der Waals surface area contributed by atoms with Crippen LogP contribution in [0.5, 0.6) is 0 Å². The largest absolute Gasteiger partial charge is 0.401 e. The van der Waals surface area contributed by atoms with E-state index in [1.165, 1.54) is 56.1 Å². The van der Waals surface area contributed by atoms with E-state index in [2.05, 4.69) is 44.1 Å². The zero-order valence-electron chi connectivity index (χ0n) is 41.9. The van der Waals surface area contributed by atoms with Crippen molar-refractivity contribution in [2.75, 3.05) is 45.8 Å². The van der Waals surface area contributed by atoms with Crippen LogP contribution in [0.2, 0.25) is 0 Å². The first-order valence-corrected chi connectivity index (χ1v) is 24.9. The molecule has 390 valence electrons. The third kappa shape index (κ3) is 33.9. The Hall–Kier alpha value is -6.46. The summed E-state index contributed by atoms with van der Waals surface area (Å²) in [5.74, 6) is -0.557. The number of hydrogen-bond acceptors (Lipinski definition) is 17. The second-order valence-electron chi connectivity index (χ2n) is 16.1. The number of aliphatic imine (C=N–C) groups is 5. The highest BCUT2D eigenvalue weighted by Crippen LogP contribution is 2.14. The Morgan fingerprint density at radius 1 is 0.543 bits per heavy atom. The van der Waals surface area contributed by atoms with Gasteiger partial charge in [-0.15, -0.1) is 0 Å². The number of nitrogens with one attached hydrogen (secondary N) is 1. The highest BCUT2D eigenvalue weighted by Gasteiger charge is 2.23. The summed E-state index contributed by atoms with van der Waals surface area (Å²) >= 11 is 0. The second-order valence-corrected chi connectivity index (χ2v) is 16.1. The minimum Gasteiger partial charge on any atom is -0.401 e. The molecule has 0 radical (unpaired) electrons. The molecule has 70 heavy (non-hydrogen) atoms. The third-order valence-electron chi connectivity index (χ3n) is 10.6. The third-order valence-corrected chi connectivity index (χ3v) is 10.6. The Morgan fingerprint density at radius 2 is 0.943 bits per heavy atom. The van der Waals surface area contributed by atoms with E-state index >= 15 is 0 Å². The van der Waals surface area contributed by atoms with E-state index < -0.39 is 41.8 Å². The van der Waals surface area contributed by atoms with Crippen molar-refractivity contribution in [2.45, 2.75) is 194 Å². The molecular formula is C48H77N11O11. The van der Waals surface area contributed by atoms with E-state index in [4.69, 9.17) is 10.00 Å². The number of carbonyl (C=O) groups excluding carboxylic acids is 7. The van der Waals surface area contributed by atoms with Gasteiger partial charge in [-0.3, -0.25) is 9.69 Å². The van der Waals surface area contributed by atoms with E-state index in [9.17, 15) is 47.9 Å². The zero-order chi connectivity index (χ0) is 52.3. The lowest BCUT2D eigenvalue weighted by Crippen LogP contribution is -2.55. The number of carbonyl (C=O) groups is 2. The number of isocyanates is 5. The first-order valence-electron chi connectivity index (χ1n) is 24.9.